The zero-order valence-electron chi connectivity index (χ0n) is 11.9. The van der Waals surface area contributed by atoms with Gasteiger partial charge in [-0.1, -0.05) is 22.0 Å². The Labute approximate surface area is 132 Å². The predicted molar refractivity (Wildman–Crippen MR) is 84.2 cm³/mol. The van der Waals surface area contributed by atoms with Crippen LogP contribution in [0.1, 0.15) is 19.8 Å². The highest BCUT2D eigenvalue weighted by Gasteiger charge is 2.29. The molecule has 6 heteroatoms. The number of anilines is 1. The number of hydrogen-bond donors (Lipinski definition) is 2. The molecule has 1 amide bonds. The van der Waals surface area contributed by atoms with Crippen LogP contribution in [0.2, 0.25) is 0 Å². The third-order valence-corrected chi connectivity index (χ3v) is 4.39. The summed E-state index contributed by atoms with van der Waals surface area (Å²) < 4.78 is 0.922. The molecule has 0 aliphatic carbocycles. The summed E-state index contributed by atoms with van der Waals surface area (Å²) in [6, 6.07) is 7.00. The van der Waals surface area contributed by atoms with Gasteiger partial charge in [0.25, 0.3) is 0 Å². The number of likely N-dealkylation sites (tertiary alicyclic amines) is 1. The number of aliphatic carboxylic acids is 1. The minimum absolute atomic E-state index is 0.00993. The van der Waals surface area contributed by atoms with Gasteiger partial charge in [-0.2, -0.15) is 0 Å². The van der Waals surface area contributed by atoms with Crippen LogP contribution in [0, 0.1) is 5.92 Å². The normalized spacial score (nSPS) is 18.2. The molecule has 1 fully saturated rings. The SMILES string of the molecule is CC(C(=O)O)N1CCC(C(=O)Nc2cccc(Br)c2)CC1. The largest absolute Gasteiger partial charge is 0.480 e. The molecule has 114 valence electrons. The number of carboxylic acid groups (broad SMARTS) is 1. The van der Waals surface area contributed by atoms with Gasteiger partial charge in [0.15, 0.2) is 0 Å². The van der Waals surface area contributed by atoms with Gasteiger partial charge in [-0.05, 0) is 51.1 Å². The third kappa shape index (κ3) is 4.28. The van der Waals surface area contributed by atoms with Gasteiger partial charge in [0.05, 0.1) is 0 Å². The first-order valence-electron chi connectivity index (χ1n) is 7.00. The second kappa shape index (κ2) is 7.04. The van der Waals surface area contributed by atoms with E-state index in [-0.39, 0.29) is 11.8 Å². The van der Waals surface area contributed by atoms with E-state index in [1.165, 1.54) is 0 Å². The molecule has 1 aromatic rings. The van der Waals surface area contributed by atoms with Crippen molar-refractivity contribution >= 4 is 33.5 Å². The Morgan fingerprint density at radius 2 is 2.05 bits per heavy atom. The minimum atomic E-state index is -0.813. The van der Waals surface area contributed by atoms with Crippen LogP contribution in [0.4, 0.5) is 5.69 Å². The summed E-state index contributed by atoms with van der Waals surface area (Å²) in [5.74, 6) is -0.857. The van der Waals surface area contributed by atoms with Gasteiger partial charge in [0.1, 0.15) is 6.04 Å². The first-order valence-corrected chi connectivity index (χ1v) is 7.80. The molecule has 1 aliphatic rings. The molecule has 0 bridgehead atoms. The number of hydrogen-bond acceptors (Lipinski definition) is 3. The maximum Gasteiger partial charge on any atom is 0.320 e. The molecule has 5 nitrogen and oxygen atoms in total. The lowest BCUT2D eigenvalue weighted by Crippen LogP contribution is -2.45. The van der Waals surface area contributed by atoms with Crippen LogP contribution >= 0.6 is 15.9 Å². The van der Waals surface area contributed by atoms with Gasteiger partial charge in [-0.3, -0.25) is 14.5 Å². The summed E-state index contributed by atoms with van der Waals surface area (Å²) in [7, 11) is 0. The fourth-order valence-electron chi connectivity index (χ4n) is 2.52. The maximum absolute atomic E-state index is 12.2. The molecule has 0 saturated carbocycles. The van der Waals surface area contributed by atoms with Crippen molar-refractivity contribution in [2.24, 2.45) is 5.92 Å². The van der Waals surface area contributed by atoms with E-state index >= 15 is 0 Å². The van der Waals surface area contributed by atoms with Gasteiger partial charge in [-0.25, -0.2) is 0 Å². The van der Waals surface area contributed by atoms with E-state index in [9.17, 15) is 9.59 Å². The molecular formula is C15H19BrN2O3. The van der Waals surface area contributed by atoms with E-state index in [0.29, 0.717) is 25.9 Å². The zero-order valence-corrected chi connectivity index (χ0v) is 13.5. The fourth-order valence-corrected chi connectivity index (χ4v) is 2.91. The molecule has 1 unspecified atom stereocenters. The molecule has 1 heterocycles. The lowest BCUT2D eigenvalue weighted by molar-refractivity contribution is -0.143. The van der Waals surface area contributed by atoms with Crippen molar-refractivity contribution in [3.05, 3.63) is 28.7 Å². The molecule has 21 heavy (non-hydrogen) atoms. The monoisotopic (exact) mass is 354 g/mol. The highest BCUT2D eigenvalue weighted by Crippen LogP contribution is 2.22. The van der Waals surface area contributed by atoms with Gasteiger partial charge < -0.3 is 10.4 Å². The van der Waals surface area contributed by atoms with Crippen molar-refractivity contribution in [3.8, 4) is 0 Å². The summed E-state index contributed by atoms with van der Waals surface area (Å²) in [6.07, 6.45) is 1.38. The number of nitrogens with zero attached hydrogens (tertiary/aromatic N) is 1. The number of carboxylic acids is 1. The molecule has 2 rings (SSSR count). The Kier molecular flexibility index (Phi) is 5.36. The van der Waals surface area contributed by atoms with Crippen LogP contribution in [0.25, 0.3) is 0 Å². The summed E-state index contributed by atoms with van der Waals surface area (Å²) in [5.41, 5.74) is 0.774. The van der Waals surface area contributed by atoms with E-state index in [4.69, 9.17) is 5.11 Å². The van der Waals surface area contributed by atoms with Crippen molar-refractivity contribution in [3.63, 3.8) is 0 Å². The first-order chi connectivity index (χ1) is 9.97. The lowest BCUT2D eigenvalue weighted by Gasteiger charge is -2.33. The van der Waals surface area contributed by atoms with Crippen LogP contribution in [-0.4, -0.2) is 41.0 Å². The number of carbonyl (C=O) groups excluding carboxylic acids is 1. The summed E-state index contributed by atoms with van der Waals surface area (Å²) >= 11 is 3.37. The minimum Gasteiger partial charge on any atom is -0.480 e. The average Bonchev–Trinajstić information content (AvgIpc) is 2.46. The smallest absolute Gasteiger partial charge is 0.320 e. The molecule has 1 aliphatic heterocycles. The van der Waals surface area contributed by atoms with Gasteiger partial charge in [-0.15, -0.1) is 0 Å². The lowest BCUT2D eigenvalue weighted by atomic mass is 9.95. The van der Waals surface area contributed by atoms with Gasteiger partial charge >= 0.3 is 5.97 Å². The Morgan fingerprint density at radius 1 is 1.38 bits per heavy atom. The Hall–Kier alpha value is -1.40. The van der Waals surface area contributed by atoms with Crippen molar-refractivity contribution in [2.75, 3.05) is 18.4 Å². The highest BCUT2D eigenvalue weighted by molar-refractivity contribution is 9.10. The molecule has 1 atom stereocenters. The number of nitrogens with one attached hydrogen (secondary N) is 1. The molecular weight excluding hydrogens is 336 g/mol. The van der Waals surface area contributed by atoms with E-state index in [0.717, 1.165) is 10.2 Å². The number of piperidine rings is 1. The van der Waals surface area contributed by atoms with Gasteiger partial charge in [0.2, 0.25) is 5.91 Å². The number of amides is 1. The Balaban J connectivity index is 1.87. The zero-order chi connectivity index (χ0) is 15.4. The fraction of sp³-hybridized carbons (Fsp3) is 0.467. The van der Waals surface area contributed by atoms with E-state index < -0.39 is 12.0 Å². The molecule has 0 radical (unpaired) electrons. The molecule has 0 spiro atoms. The topological polar surface area (TPSA) is 69.6 Å². The van der Waals surface area contributed by atoms with Crippen molar-refractivity contribution in [2.45, 2.75) is 25.8 Å². The van der Waals surface area contributed by atoms with E-state index in [2.05, 4.69) is 21.2 Å². The number of benzene rings is 1. The standard InChI is InChI=1S/C15H19BrN2O3/c1-10(15(20)21)18-7-5-11(6-8-18)14(19)17-13-4-2-3-12(16)9-13/h2-4,9-11H,5-8H2,1H3,(H,17,19)(H,20,21). The highest BCUT2D eigenvalue weighted by atomic mass is 79.9. The Bertz CT molecular complexity index is 527. The van der Waals surface area contributed by atoms with Crippen LogP contribution in [0.5, 0.6) is 0 Å². The second-order valence-electron chi connectivity index (χ2n) is 5.32. The van der Waals surface area contributed by atoms with Crippen LogP contribution in [0.3, 0.4) is 0 Å². The van der Waals surface area contributed by atoms with E-state index in [1.807, 2.05) is 29.2 Å². The van der Waals surface area contributed by atoms with E-state index in [1.54, 1.807) is 6.92 Å². The molecule has 0 aromatic heterocycles. The van der Waals surface area contributed by atoms with Crippen LogP contribution in [-0.2, 0) is 9.59 Å². The van der Waals surface area contributed by atoms with Crippen molar-refractivity contribution in [1.82, 2.24) is 4.90 Å². The quantitative estimate of drug-likeness (QED) is 0.871. The second-order valence-corrected chi connectivity index (χ2v) is 6.24. The van der Waals surface area contributed by atoms with Gasteiger partial charge in [0, 0.05) is 16.1 Å². The molecule has 2 N–H and O–H groups in total. The predicted octanol–water partition coefficient (Wildman–Crippen LogP) is 2.57. The number of carbonyl (C=O) groups is 2. The Morgan fingerprint density at radius 3 is 2.62 bits per heavy atom. The third-order valence-electron chi connectivity index (χ3n) is 3.90. The van der Waals surface area contributed by atoms with Crippen LogP contribution in [0.15, 0.2) is 28.7 Å². The summed E-state index contributed by atoms with van der Waals surface area (Å²) in [4.78, 5) is 25.1. The van der Waals surface area contributed by atoms with Crippen molar-refractivity contribution < 1.29 is 14.7 Å². The summed E-state index contributed by atoms with van der Waals surface area (Å²) in [6.45, 7) is 2.97. The average molecular weight is 355 g/mol. The molecule has 1 aromatic carbocycles. The molecule has 1 saturated heterocycles. The number of rotatable bonds is 4. The first kappa shape index (κ1) is 16.0. The number of halogens is 1. The van der Waals surface area contributed by atoms with Crippen LogP contribution < -0.4 is 5.32 Å². The maximum atomic E-state index is 12.2. The van der Waals surface area contributed by atoms with Crippen molar-refractivity contribution in [1.29, 1.82) is 0 Å². The summed E-state index contributed by atoms with van der Waals surface area (Å²) in [5, 5.41) is 11.9.